The van der Waals surface area contributed by atoms with Crippen LogP contribution in [0.4, 0.5) is 5.13 Å². The third-order valence-corrected chi connectivity index (χ3v) is 6.07. The van der Waals surface area contributed by atoms with Crippen LogP contribution in [0.2, 0.25) is 0 Å². The quantitative estimate of drug-likeness (QED) is 0.476. The second kappa shape index (κ2) is 10.0. The minimum atomic E-state index is -0.120. The van der Waals surface area contributed by atoms with E-state index in [1.807, 2.05) is 49.8 Å². The Labute approximate surface area is 182 Å². The highest BCUT2D eigenvalue weighted by Gasteiger charge is 2.24. The van der Waals surface area contributed by atoms with Crippen LogP contribution >= 0.6 is 11.3 Å². The Morgan fingerprint density at radius 3 is 2.57 bits per heavy atom. The lowest BCUT2D eigenvalue weighted by molar-refractivity contribution is 0.0978. The lowest BCUT2D eigenvalue weighted by Gasteiger charge is -2.24. The molecule has 3 rings (SSSR count). The summed E-state index contributed by atoms with van der Waals surface area (Å²) in [7, 11) is 0. The van der Waals surface area contributed by atoms with Gasteiger partial charge in [-0.1, -0.05) is 25.2 Å². The molecule has 0 aliphatic carbocycles. The Morgan fingerprint density at radius 1 is 1.17 bits per heavy atom. The fourth-order valence-corrected chi connectivity index (χ4v) is 4.23. The van der Waals surface area contributed by atoms with Crippen LogP contribution in [-0.2, 0) is 0 Å². The van der Waals surface area contributed by atoms with Gasteiger partial charge in [-0.05, 0) is 58.1 Å². The normalized spacial score (nSPS) is 11.6. The fraction of sp³-hybridized carbons (Fsp3) is 0.500. The van der Waals surface area contributed by atoms with Gasteiger partial charge < -0.3 is 9.64 Å². The highest BCUT2D eigenvalue weighted by atomic mass is 32.1. The molecule has 0 saturated heterocycles. The van der Waals surface area contributed by atoms with Gasteiger partial charge in [-0.2, -0.15) is 5.10 Å². The monoisotopic (exact) mass is 429 g/mol. The molecule has 0 aliphatic heterocycles. The molecule has 0 fully saturated rings. The van der Waals surface area contributed by atoms with Crippen molar-refractivity contribution in [1.29, 1.82) is 0 Å². The summed E-state index contributed by atoms with van der Waals surface area (Å²) in [5, 5.41) is 5.17. The first-order chi connectivity index (χ1) is 14.5. The van der Waals surface area contributed by atoms with Gasteiger partial charge in [0.25, 0.3) is 5.91 Å². The van der Waals surface area contributed by atoms with E-state index in [4.69, 9.17) is 9.72 Å². The highest BCUT2D eigenvalue weighted by molar-refractivity contribution is 7.22. The molecule has 0 spiro atoms. The number of nitrogens with zero attached hydrogens (tertiary/aromatic N) is 5. The topological polar surface area (TPSA) is 63.5 Å². The molecule has 3 aromatic rings. The Hall–Kier alpha value is -2.45. The van der Waals surface area contributed by atoms with Gasteiger partial charge in [0.05, 0.1) is 16.8 Å². The van der Waals surface area contributed by atoms with E-state index in [1.54, 1.807) is 11.0 Å². The van der Waals surface area contributed by atoms with Crippen LogP contribution in [0.1, 0.15) is 51.1 Å². The van der Waals surface area contributed by atoms with E-state index >= 15 is 0 Å². The second-order valence-corrected chi connectivity index (χ2v) is 8.33. The van der Waals surface area contributed by atoms with E-state index < -0.39 is 0 Å². The van der Waals surface area contributed by atoms with Gasteiger partial charge in [0, 0.05) is 25.3 Å². The van der Waals surface area contributed by atoms with Crippen LogP contribution < -0.4 is 9.64 Å². The summed E-state index contributed by atoms with van der Waals surface area (Å²) < 4.78 is 8.42. The first-order valence-electron chi connectivity index (χ1n) is 10.6. The first-order valence-corrected chi connectivity index (χ1v) is 11.4. The minimum Gasteiger partial charge on any atom is -0.494 e. The molecule has 162 valence electrons. The summed E-state index contributed by atoms with van der Waals surface area (Å²) in [5.41, 5.74) is 1.31. The molecule has 0 bridgehead atoms. The molecule has 1 amide bonds. The van der Waals surface area contributed by atoms with Gasteiger partial charge in [0.1, 0.15) is 5.75 Å². The van der Waals surface area contributed by atoms with Crippen molar-refractivity contribution < 1.29 is 9.53 Å². The van der Waals surface area contributed by atoms with Crippen LogP contribution in [0.3, 0.4) is 0 Å². The third kappa shape index (κ3) is 4.99. The van der Waals surface area contributed by atoms with E-state index in [0.29, 0.717) is 24.0 Å². The van der Waals surface area contributed by atoms with Gasteiger partial charge in [0.15, 0.2) is 10.8 Å². The number of fused-ring (bicyclic) bond motifs is 1. The average molecular weight is 430 g/mol. The number of hydrogen-bond donors (Lipinski definition) is 0. The second-order valence-electron chi connectivity index (χ2n) is 7.32. The maximum atomic E-state index is 13.4. The van der Waals surface area contributed by atoms with Crippen LogP contribution in [0, 0.1) is 0 Å². The Bertz CT molecular complexity index is 977. The first kappa shape index (κ1) is 22.2. The molecule has 8 heteroatoms. The molecule has 7 nitrogen and oxygen atoms in total. The molecular weight excluding hydrogens is 398 g/mol. The predicted molar refractivity (Wildman–Crippen MR) is 123 cm³/mol. The van der Waals surface area contributed by atoms with Crippen molar-refractivity contribution in [2.75, 3.05) is 37.7 Å². The van der Waals surface area contributed by atoms with E-state index in [9.17, 15) is 4.79 Å². The molecule has 0 radical (unpaired) electrons. The van der Waals surface area contributed by atoms with E-state index in [-0.39, 0.29) is 11.9 Å². The molecule has 0 saturated carbocycles. The maximum Gasteiger partial charge on any atom is 0.280 e. The number of hydrogen-bond acceptors (Lipinski definition) is 6. The van der Waals surface area contributed by atoms with Gasteiger partial charge >= 0.3 is 0 Å². The standard InChI is InChI=1S/C22H31N5O2S/c1-6-25(7-2)13-14-26(21(28)19-11-12-27(24-19)16(4)5)22-23-18-10-9-17(29-8-3)15-20(18)30-22/h9-12,15-16H,6-8,13-14H2,1-5H3. The SMILES string of the molecule is CCOc1ccc2nc(N(CCN(CC)CC)C(=O)c3ccn(C(C)C)n3)sc2c1. The smallest absolute Gasteiger partial charge is 0.280 e. The number of amides is 1. The van der Waals surface area contributed by atoms with E-state index in [1.165, 1.54) is 11.3 Å². The van der Waals surface area contributed by atoms with Crippen molar-refractivity contribution in [3.63, 3.8) is 0 Å². The van der Waals surface area contributed by atoms with Crippen LogP contribution in [-0.4, -0.2) is 58.4 Å². The molecule has 0 aliphatic rings. The van der Waals surface area contributed by atoms with Crippen LogP contribution in [0.5, 0.6) is 5.75 Å². The average Bonchev–Trinajstić information content (AvgIpc) is 3.38. The largest absolute Gasteiger partial charge is 0.494 e. The molecule has 0 atom stereocenters. The van der Waals surface area contributed by atoms with Crippen molar-refractivity contribution in [1.82, 2.24) is 19.7 Å². The molecule has 1 aromatic carbocycles. The maximum absolute atomic E-state index is 13.4. The molecule has 2 heterocycles. The van der Waals surface area contributed by atoms with Gasteiger partial charge in [-0.3, -0.25) is 14.4 Å². The fourth-order valence-electron chi connectivity index (χ4n) is 3.21. The molecule has 30 heavy (non-hydrogen) atoms. The van der Waals surface area contributed by atoms with Crippen LogP contribution in [0.15, 0.2) is 30.5 Å². The number of aromatic nitrogens is 3. The predicted octanol–water partition coefficient (Wildman–Crippen LogP) is 4.46. The number of anilines is 1. The summed E-state index contributed by atoms with van der Waals surface area (Å²) in [6.07, 6.45) is 1.85. The zero-order valence-corrected chi connectivity index (χ0v) is 19.3. The molecule has 2 aromatic heterocycles. The third-order valence-electron chi connectivity index (χ3n) is 5.03. The number of carbonyl (C=O) groups is 1. The van der Waals surface area contributed by atoms with Crippen molar-refractivity contribution in [2.45, 2.75) is 40.7 Å². The zero-order valence-electron chi connectivity index (χ0n) is 18.5. The van der Waals surface area contributed by atoms with E-state index in [2.05, 4.69) is 23.8 Å². The molecule has 0 N–H and O–H groups in total. The minimum absolute atomic E-state index is 0.120. The number of benzene rings is 1. The van der Waals surface area contributed by atoms with Gasteiger partial charge in [0.2, 0.25) is 0 Å². The number of ether oxygens (including phenoxy) is 1. The number of carbonyl (C=O) groups excluding carboxylic acids is 1. The number of rotatable bonds is 10. The van der Waals surface area contributed by atoms with E-state index in [0.717, 1.165) is 35.6 Å². The molecular formula is C22H31N5O2S. The summed E-state index contributed by atoms with van der Waals surface area (Å²) >= 11 is 1.51. The lowest BCUT2D eigenvalue weighted by Crippen LogP contribution is -2.39. The Morgan fingerprint density at radius 2 is 1.93 bits per heavy atom. The number of thiazole rings is 1. The van der Waals surface area contributed by atoms with Crippen molar-refractivity contribution >= 4 is 32.6 Å². The summed E-state index contributed by atoms with van der Waals surface area (Å²) in [6, 6.07) is 7.84. The Kier molecular flexibility index (Phi) is 7.44. The summed E-state index contributed by atoms with van der Waals surface area (Å²) in [6.45, 7) is 14.2. The lowest BCUT2D eigenvalue weighted by atomic mass is 10.3. The Balaban J connectivity index is 1.93. The highest BCUT2D eigenvalue weighted by Crippen LogP contribution is 2.32. The van der Waals surface area contributed by atoms with Gasteiger partial charge in [-0.15, -0.1) is 0 Å². The van der Waals surface area contributed by atoms with Gasteiger partial charge in [-0.25, -0.2) is 4.98 Å². The molecule has 0 unspecified atom stereocenters. The zero-order chi connectivity index (χ0) is 21.7. The van der Waals surface area contributed by atoms with Crippen LogP contribution in [0.25, 0.3) is 10.2 Å². The van der Waals surface area contributed by atoms with Crippen molar-refractivity contribution in [3.8, 4) is 5.75 Å². The van der Waals surface area contributed by atoms with Crippen molar-refractivity contribution in [2.24, 2.45) is 0 Å². The summed E-state index contributed by atoms with van der Waals surface area (Å²) in [4.78, 5) is 22.2. The number of likely N-dealkylation sites (N-methyl/N-ethyl adjacent to an activating group) is 1. The summed E-state index contributed by atoms with van der Waals surface area (Å²) in [5.74, 6) is 0.697. The van der Waals surface area contributed by atoms with Crippen molar-refractivity contribution in [3.05, 3.63) is 36.2 Å².